The molecule has 6 heteroatoms. The SMILES string of the molecule is COC(=O)c1ccccc1NC(=O)[C@@H](N)Cc1c[nH]c2ccccc12. The molecule has 0 saturated heterocycles. The predicted octanol–water partition coefficient (Wildman–Crippen LogP) is 2.46. The van der Waals surface area contributed by atoms with Gasteiger partial charge >= 0.3 is 5.97 Å². The standard InChI is InChI=1S/C19H19N3O3/c1-25-19(24)14-7-3-5-9-17(14)22-18(23)15(20)10-12-11-21-16-8-4-2-6-13(12)16/h2-9,11,15,21H,10,20H2,1H3,(H,22,23)/t15-/m0/s1. The highest BCUT2D eigenvalue weighted by atomic mass is 16.5. The quantitative estimate of drug-likeness (QED) is 0.623. The maximum Gasteiger partial charge on any atom is 0.339 e. The molecular weight excluding hydrogens is 318 g/mol. The van der Waals surface area contributed by atoms with Crippen molar-refractivity contribution in [2.75, 3.05) is 12.4 Å². The molecule has 25 heavy (non-hydrogen) atoms. The van der Waals surface area contributed by atoms with Gasteiger partial charge in [-0.15, -0.1) is 0 Å². The Bertz CT molecular complexity index is 917. The molecule has 1 heterocycles. The number of fused-ring (bicyclic) bond motifs is 1. The van der Waals surface area contributed by atoms with Crippen molar-refractivity contribution in [2.45, 2.75) is 12.5 Å². The highest BCUT2D eigenvalue weighted by molar-refractivity contribution is 6.02. The molecule has 6 nitrogen and oxygen atoms in total. The van der Waals surface area contributed by atoms with Gasteiger partial charge in [0.05, 0.1) is 24.4 Å². The van der Waals surface area contributed by atoms with E-state index in [9.17, 15) is 9.59 Å². The van der Waals surface area contributed by atoms with Crippen LogP contribution >= 0.6 is 0 Å². The fourth-order valence-electron chi connectivity index (χ4n) is 2.74. The minimum atomic E-state index is -0.745. The second kappa shape index (κ2) is 7.19. The van der Waals surface area contributed by atoms with Gasteiger partial charge in [-0.3, -0.25) is 4.79 Å². The zero-order chi connectivity index (χ0) is 17.8. The van der Waals surface area contributed by atoms with Crippen LogP contribution in [0.15, 0.2) is 54.7 Å². The third-order valence-electron chi connectivity index (χ3n) is 4.04. The zero-order valence-corrected chi connectivity index (χ0v) is 13.8. The summed E-state index contributed by atoms with van der Waals surface area (Å²) in [5.74, 6) is -0.872. The molecule has 0 fully saturated rings. The van der Waals surface area contributed by atoms with E-state index in [4.69, 9.17) is 10.5 Å². The Kier molecular flexibility index (Phi) is 4.81. The van der Waals surface area contributed by atoms with Crippen molar-refractivity contribution in [2.24, 2.45) is 5.73 Å². The summed E-state index contributed by atoms with van der Waals surface area (Å²) < 4.78 is 4.73. The smallest absolute Gasteiger partial charge is 0.339 e. The monoisotopic (exact) mass is 337 g/mol. The summed E-state index contributed by atoms with van der Waals surface area (Å²) in [6.45, 7) is 0. The number of para-hydroxylation sites is 2. The summed E-state index contributed by atoms with van der Waals surface area (Å²) in [4.78, 5) is 27.4. The molecule has 0 bridgehead atoms. The maximum absolute atomic E-state index is 12.4. The first-order valence-corrected chi connectivity index (χ1v) is 7.89. The Morgan fingerprint density at radius 3 is 2.68 bits per heavy atom. The molecule has 0 aliphatic rings. The van der Waals surface area contributed by atoms with E-state index in [2.05, 4.69) is 10.3 Å². The van der Waals surface area contributed by atoms with Gasteiger partial charge in [-0.2, -0.15) is 0 Å². The van der Waals surface area contributed by atoms with Crippen LogP contribution in [0.1, 0.15) is 15.9 Å². The lowest BCUT2D eigenvalue weighted by atomic mass is 10.0. The Balaban J connectivity index is 1.74. The number of H-pyrrole nitrogens is 1. The first kappa shape index (κ1) is 16.7. The van der Waals surface area contributed by atoms with E-state index in [1.165, 1.54) is 7.11 Å². The Morgan fingerprint density at radius 1 is 1.16 bits per heavy atom. The summed E-state index contributed by atoms with van der Waals surface area (Å²) in [6.07, 6.45) is 2.25. The largest absolute Gasteiger partial charge is 0.465 e. The van der Waals surface area contributed by atoms with Crippen LogP contribution in [-0.2, 0) is 16.0 Å². The minimum Gasteiger partial charge on any atom is -0.465 e. The number of aromatic nitrogens is 1. The number of nitrogens with two attached hydrogens (primary N) is 1. The summed E-state index contributed by atoms with van der Waals surface area (Å²) in [6, 6.07) is 13.8. The first-order chi connectivity index (χ1) is 12.1. The predicted molar refractivity (Wildman–Crippen MR) is 96.4 cm³/mol. The lowest BCUT2D eigenvalue weighted by Crippen LogP contribution is -2.37. The average molecular weight is 337 g/mol. The molecule has 1 amide bonds. The van der Waals surface area contributed by atoms with Crippen LogP contribution in [-0.4, -0.2) is 30.0 Å². The third kappa shape index (κ3) is 3.54. The van der Waals surface area contributed by atoms with Crippen LogP contribution in [0.4, 0.5) is 5.69 Å². The average Bonchev–Trinajstić information content (AvgIpc) is 3.04. The number of hydrogen-bond acceptors (Lipinski definition) is 4. The highest BCUT2D eigenvalue weighted by Crippen LogP contribution is 2.20. The van der Waals surface area contributed by atoms with Crippen LogP contribution in [0, 0.1) is 0 Å². The molecule has 0 unspecified atom stereocenters. The van der Waals surface area contributed by atoms with Crippen molar-refractivity contribution < 1.29 is 14.3 Å². The summed E-state index contributed by atoms with van der Waals surface area (Å²) in [5.41, 5.74) is 8.71. The van der Waals surface area contributed by atoms with Crippen LogP contribution < -0.4 is 11.1 Å². The van der Waals surface area contributed by atoms with Crippen LogP contribution in [0.2, 0.25) is 0 Å². The first-order valence-electron chi connectivity index (χ1n) is 7.89. The number of ether oxygens (including phenoxy) is 1. The lowest BCUT2D eigenvalue weighted by molar-refractivity contribution is -0.117. The number of rotatable bonds is 5. The number of aromatic amines is 1. The summed E-state index contributed by atoms with van der Waals surface area (Å²) >= 11 is 0. The van der Waals surface area contributed by atoms with Gasteiger partial charge in [-0.25, -0.2) is 4.79 Å². The van der Waals surface area contributed by atoms with E-state index in [-0.39, 0.29) is 11.5 Å². The molecule has 4 N–H and O–H groups in total. The number of amides is 1. The molecule has 0 radical (unpaired) electrons. The van der Waals surface area contributed by atoms with Crippen LogP contribution in [0.3, 0.4) is 0 Å². The van der Waals surface area contributed by atoms with E-state index >= 15 is 0 Å². The topological polar surface area (TPSA) is 97.2 Å². The van der Waals surface area contributed by atoms with Gasteiger partial charge in [0.2, 0.25) is 5.91 Å². The van der Waals surface area contributed by atoms with E-state index in [1.54, 1.807) is 24.3 Å². The van der Waals surface area contributed by atoms with Crippen molar-refractivity contribution in [3.63, 3.8) is 0 Å². The summed E-state index contributed by atoms with van der Waals surface area (Å²) in [5, 5.41) is 3.75. The molecule has 0 aliphatic heterocycles. The molecule has 0 spiro atoms. The molecular formula is C19H19N3O3. The van der Waals surface area contributed by atoms with Gasteiger partial charge in [0.1, 0.15) is 0 Å². The van der Waals surface area contributed by atoms with Crippen LogP contribution in [0.25, 0.3) is 10.9 Å². The molecule has 0 saturated carbocycles. The number of hydrogen-bond donors (Lipinski definition) is 3. The Morgan fingerprint density at radius 2 is 1.88 bits per heavy atom. The van der Waals surface area contributed by atoms with Gasteiger partial charge in [-0.05, 0) is 30.2 Å². The van der Waals surface area contributed by atoms with Crippen molar-refractivity contribution in [3.8, 4) is 0 Å². The number of carbonyl (C=O) groups is 2. The minimum absolute atomic E-state index is 0.289. The van der Waals surface area contributed by atoms with Crippen molar-refractivity contribution >= 4 is 28.5 Å². The van der Waals surface area contributed by atoms with Crippen molar-refractivity contribution in [3.05, 3.63) is 65.9 Å². The van der Waals surface area contributed by atoms with Gasteiger partial charge in [0, 0.05) is 17.1 Å². The fourth-order valence-corrected chi connectivity index (χ4v) is 2.74. The second-order valence-electron chi connectivity index (χ2n) is 5.70. The second-order valence-corrected chi connectivity index (χ2v) is 5.70. The summed E-state index contributed by atoms with van der Waals surface area (Å²) in [7, 11) is 1.30. The van der Waals surface area contributed by atoms with Gasteiger partial charge in [-0.1, -0.05) is 30.3 Å². The van der Waals surface area contributed by atoms with E-state index < -0.39 is 12.0 Å². The lowest BCUT2D eigenvalue weighted by Gasteiger charge is -2.14. The molecule has 3 rings (SSSR count). The van der Waals surface area contributed by atoms with E-state index in [1.807, 2.05) is 30.5 Å². The van der Waals surface area contributed by atoms with Gasteiger partial charge in [0.25, 0.3) is 0 Å². The number of nitrogens with one attached hydrogen (secondary N) is 2. The zero-order valence-electron chi connectivity index (χ0n) is 13.8. The van der Waals surface area contributed by atoms with Gasteiger partial charge in [0.15, 0.2) is 0 Å². The Labute approximate surface area is 145 Å². The number of carbonyl (C=O) groups excluding carboxylic acids is 2. The normalized spacial score (nSPS) is 11.9. The van der Waals surface area contributed by atoms with Gasteiger partial charge < -0.3 is 20.8 Å². The molecule has 0 aliphatic carbocycles. The van der Waals surface area contributed by atoms with Crippen molar-refractivity contribution in [1.82, 2.24) is 4.98 Å². The number of esters is 1. The number of anilines is 1. The molecule has 128 valence electrons. The maximum atomic E-state index is 12.4. The molecule has 3 aromatic rings. The molecule has 2 aromatic carbocycles. The Hall–Kier alpha value is -3.12. The molecule has 1 atom stereocenters. The molecule has 1 aromatic heterocycles. The van der Waals surface area contributed by atoms with Crippen LogP contribution in [0.5, 0.6) is 0 Å². The van der Waals surface area contributed by atoms with E-state index in [0.717, 1.165) is 16.5 Å². The van der Waals surface area contributed by atoms with Crippen molar-refractivity contribution in [1.29, 1.82) is 0 Å². The number of benzene rings is 2. The van der Waals surface area contributed by atoms with E-state index in [0.29, 0.717) is 12.1 Å². The third-order valence-corrected chi connectivity index (χ3v) is 4.04. The number of methoxy groups -OCH3 is 1. The fraction of sp³-hybridized carbons (Fsp3) is 0.158. The highest BCUT2D eigenvalue weighted by Gasteiger charge is 2.19.